The van der Waals surface area contributed by atoms with Crippen LogP contribution in [0, 0.1) is 0 Å². The van der Waals surface area contributed by atoms with Crippen molar-refractivity contribution in [3.05, 3.63) is 11.1 Å². The Balaban J connectivity index is 3.68. The van der Waals surface area contributed by atoms with E-state index in [9.17, 15) is 4.79 Å². The summed E-state index contributed by atoms with van der Waals surface area (Å²) >= 11 is 0. The summed E-state index contributed by atoms with van der Waals surface area (Å²) in [6, 6.07) is 0. The van der Waals surface area contributed by atoms with E-state index in [1.807, 2.05) is 6.92 Å². The van der Waals surface area contributed by atoms with Gasteiger partial charge in [0.25, 0.3) is 5.91 Å². The lowest BCUT2D eigenvalue weighted by Crippen LogP contribution is -2.38. The Hall–Kier alpha value is -1.73. The topological polar surface area (TPSA) is 60.0 Å². The standard InChI is InChI=1S/C15H23N2O4Si/c1-7-8-9-10(15(18)16-17(2)3)11(19-4)12(20-5)13(21-6)14(9)22/h7-8H2,1-6H3,(H,16,18). The van der Waals surface area contributed by atoms with Crippen LogP contribution < -0.4 is 24.8 Å². The highest BCUT2D eigenvalue weighted by atomic mass is 28.1. The van der Waals surface area contributed by atoms with Crippen LogP contribution in [0.15, 0.2) is 0 Å². The highest BCUT2D eigenvalue weighted by Crippen LogP contribution is 2.40. The Bertz CT molecular complexity index is 547. The number of hydrogen-bond donors (Lipinski definition) is 1. The van der Waals surface area contributed by atoms with Gasteiger partial charge in [-0.2, -0.15) is 0 Å². The van der Waals surface area contributed by atoms with E-state index in [0.717, 1.165) is 12.0 Å². The lowest BCUT2D eigenvalue weighted by atomic mass is 9.99. The first kappa shape index (κ1) is 18.3. The van der Waals surface area contributed by atoms with E-state index >= 15 is 0 Å². The summed E-state index contributed by atoms with van der Waals surface area (Å²) < 4.78 is 16.3. The molecular formula is C15H23N2O4Si. The minimum Gasteiger partial charge on any atom is -0.493 e. The Morgan fingerprint density at radius 1 is 1.09 bits per heavy atom. The molecule has 0 saturated heterocycles. The first-order valence-electron chi connectivity index (χ1n) is 6.97. The molecule has 0 aromatic heterocycles. The van der Waals surface area contributed by atoms with Crippen molar-refractivity contribution < 1.29 is 19.0 Å². The van der Waals surface area contributed by atoms with E-state index in [1.54, 1.807) is 26.2 Å². The third-order valence-electron chi connectivity index (χ3n) is 3.13. The monoisotopic (exact) mass is 323 g/mol. The number of methoxy groups -OCH3 is 3. The molecular weight excluding hydrogens is 300 g/mol. The molecule has 6 nitrogen and oxygen atoms in total. The normalized spacial score (nSPS) is 10.5. The summed E-state index contributed by atoms with van der Waals surface area (Å²) in [5.41, 5.74) is 4.02. The van der Waals surface area contributed by atoms with Crippen LogP contribution in [0.3, 0.4) is 0 Å². The molecule has 0 spiro atoms. The van der Waals surface area contributed by atoms with Gasteiger partial charge in [0.05, 0.1) is 37.1 Å². The molecule has 0 saturated carbocycles. The summed E-state index contributed by atoms with van der Waals surface area (Å²) in [5.74, 6) is 1.01. The van der Waals surface area contributed by atoms with Crippen LogP contribution in [-0.2, 0) is 6.42 Å². The van der Waals surface area contributed by atoms with Crippen molar-refractivity contribution in [2.24, 2.45) is 0 Å². The van der Waals surface area contributed by atoms with Crippen LogP contribution in [0.25, 0.3) is 0 Å². The fourth-order valence-electron chi connectivity index (χ4n) is 2.30. The van der Waals surface area contributed by atoms with E-state index in [-0.39, 0.29) is 5.91 Å². The predicted molar refractivity (Wildman–Crippen MR) is 86.6 cm³/mol. The van der Waals surface area contributed by atoms with Crippen molar-refractivity contribution >= 4 is 21.3 Å². The van der Waals surface area contributed by atoms with Crippen LogP contribution in [-0.4, -0.2) is 56.6 Å². The van der Waals surface area contributed by atoms with Gasteiger partial charge in [0, 0.05) is 14.1 Å². The lowest BCUT2D eigenvalue weighted by molar-refractivity contribution is 0.0852. The zero-order valence-electron chi connectivity index (χ0n) is 14.0. The van der Waals surface area contributed by atoms with Gasteiger partial charge < -0.3 is 14.2 Å². The van der Waals surface area contributed by atoms with Crippen LogP contribution in [0.1, 0.15) is 29.3 Å². The number of benzene rings is 1. The Morgan fingerprint density at radius 2 is 1.64 bits per heavy atom. The maximum atomic E-state index is 12.6. The van der Waals surface area contributed by atoms with Gasteiger partial charge in [0.15, 0.2) is 11.5 Å². The molecule has 0 atom stereocenters. The van der Waals surface area contributed by atoms with Crippen molar-refractivity contribution in [3.8, 4) is 17.2 Å². The summed E-state index contributed by atoms with van der Waals surface area (Å²) in [7, 11) is 11.7. The van der Waals surface area contributed by atoms with Crippen molar-refractivity contribution in [1.29, 1.82) is 0 Å². The van der Waals surface area contributed by atoms with Crippen LogP contribution >= 0.6 is 0 Å². The number of rotatable bonds is 7. The van der Waals surface area contributed by atoms with Gasteiger partial charge in [-0.1, -0.05) is 13.3 Å². The van der Waals surface area contributed by atoms with E-state index in [2.05, 4.69) is 15.7 Å². The SMILES string of the molecule is CCCc1c([Si])c(OC)c(OC)c(OC)c1C(=O)NN(C)C. The molecule has 0 heterocycles. The summed E-state index contributed by atoms with van der Waals surface area (Å²) in [4.78, 5) is 12.6. The van der Waals surface area contributed by atoms with Gasteiger partial charge in [-0.25, -0.2) is 5.01 Å². The van der Waals surface area contributed by atoms with E-state index in [0.29, 0.717) is 34.4 Å². The van der Waals surface area contributed by atoms with Gasteiger partial charge in [-0.3, -0.25) is 10.2 Å². The predicted octanol–water partition coefficient (Wildman–Crippen LogP) is 0.665. The number of amides is 1. The first-order valence-corrected chi connectivity index (χ1v) is 7.47. The second-order valence-corrected chi connectivity index (χ2v) is 5.41. The van der Waals surface area contributed by atoms with E-state index in [1.165, 1.54) is 14.2 Å². The van der Waals surface area contributed by atoms with Gasteiger partial charge in [0.2, 0.25) is 5.75 Å². The molecule has 1 amide bonds. The summed E-state index contributed by atoms with van der Waals surface area (Å²) in [5, 5.41) is 2.28. The first-order chi connectivity index (χ1) is 10.4. The van der Waals surface area contributed by atoms with Crippen LogP contribution in [0.2, 0.25) is 0 Å². The fraction of sp³-hybridized carbons (Fsp3) is 0.533. The quantitative estimate of drug-likeness (QED) is 0.590. The van der Waals surface area contributed by atoms with Crippen molar-refractivity contribution in [3.63, 3.8) is 0 Å². The Morgan fingerprint density at radius 3 is 2.05 bits per heavy atom. The van der Waals surface area contributed by atoms with Crippen molar-refractivity contribution in [2.45, 2.75) is 19.8 Å². The average molecular weight is 323 g/mol. The van der Waals surface area contributed by atoms with Crippen LogP contribution in [0.4, 0.5) is 0 Å². The second-order valence-electron chi connectivity index (χ2n) is 4.91. The molecule has 0 fully saturated rings. The maximum Gasteiger partial charge on any atom is 0.269 e. The largest absolute Gasteiger partial charge is 0.493 e. The van der Waals surface area contributed by atoms with Gasteiger partial charge in [-0.05, 0) is 17.2 Å². The maximum absolute atomic E-state index is 12.6. The smallest absolute Gasteiger partial charge is 0.269 e. The van der Waals surface area contributed by atoms with Gasteiger partial charge in [0.1, 0.15) is 0 Å². The number of carbonyl (C=O) groups is 1. The molecule has 1 rings (SSSR count). The molecule has 0 aliphatic heterocycles. The van der Waals surface area contributed by atoms with Gasteiger partial charge >= 0.3 is 0 Å². The molecule has 0 unspecified atom stereocenters. The van der Waals surface area contributed by atoms with Crippen molar-refractivity contribution in [1.82, 2.24) is 10.4 Å². The number of hydrazine groups is 1. The Labute approximate surface area is 135 Å². The number of carbonyl (C=O) groups excluding carboxylic acids is 1. The Kier molecular flexibility index (Phi) is 6.70. The molecule has 121 valence electrons. The minimum absolute atomic E-state index is 0.259. The molecule has 7 heteroatoms. The molecule has 1 aromatic rings. The zero-order chi connectivity index (χ0) is 16.9. The fourth-order valence-corrected chi connectivity index (χ4v) is 2.77. The van der Waals surface area contributed by atoms with E-state index in [4.69, 9.17) is 14.2 Å². The third-order valence-corrected chi connectivity index (χ3v) is 3.66. The minimum atomic E-state index is -0.259. The van der Waals surface area contributed by atoms with Crippen LogP contribution in [0.5, 0.6) is 17.2 Å². The number of ether oxygens (including phenoxy) is 3. The molecule has 22 heavy (non-hydrogen) atoms. The summed E-state index contributed by atoms with van der Waals surface area (Å²) in [6.45, 7) is 2.04. The molecule has 0 aliphatic carbocycles. The molecule has 1 aromatic carbocycles. The van der Waals surface area contributed by atoms with Crippen molar-refractivity contribution in [2.75, 3.05) is 35.4 Å². The van der Waals surface area contributed by atoms with Gasteiger partial charge in [-0.15, -0.1) is 0 Å². The average Bonchev–Trinajstić information content (AvgIpc) is 2.47. The molecule has 0 aliphatic rings. The number of hydrogen-bond acceptors (Lipinski definition) is 5. The number of nitrogens with one attached hydrogen (secondary N) is 1. The molecule has 3 radical (unpaired) electrons. The second kappa shape index (κ2) is 8.05. The highest BCUT2D eigenvalue weighted by Gasteiger charge is 2.28. The third kappa shape index (κ3) is 3.53. The molecule has 0 bridgehead atoms. The molecule has 1 N–H and O–H groups in total. The summed E-state index contributed by atoms with van der Waals surface area (Å²) in [6.07, 6.45) is 1.57. The van der Waals surface area contributed by atoms with E-state index < -0.39 is 0 Å². The highest BCUT2D eigenvalue weighted by molar-refractivity contribution is 6.36. The number of nitrogens with zero attached hydrogens (tertiary/aromatic N) is 1. The lowest BCUT2D eigenvalue weighted by Gasteiger charge is -2.23. The zero-order valence-corrected chi connectivity index (χ0v) is 15.0.